The minimum Gasteiger partial charge on any atom is -0.363 e. The number of nitrogens with zero attached hydrogens (tertiary/aromatic N) is 6. The number of aryl methyl sites for hydroxylation is 2. The van der Waals surface area contributed by atoms with Crippen LogP contribution in [-0.4, -0.2) is 85.3 Å². The first kappa shape index (κ1) is 21.1. The first-order valence-corrected chi connectivity index (χ1v) is 10.8. The van der Waals surface area contributed by atoms with E-state index in [0.717, 1.165) is 50.2 Å². The number of halogens is 1. The molecule has 2 aromatic heterocycles. The second-order valence-corrected chi connectivity index (χ2v) is 9.19. The molecule has 1 fully saturated rings. The zero-order valence-electron chi connectivity index (χ0n) is 18.9. The first-order valence-electron chi connectivity index (χ1n) is 10.8. The zero-order chi connectivity index (χ0) is 21.7. The molecule has 2 aliphatic rings. The van der Waals surface area contributed by atoms with Crippen LogP contribution in [0.25, 0.3) is 11.0 Å². The summed E-state index contributed by atoms with van der Waals surface area (Å²) >= 11 is 0. The Morgan fingerprint density at radius 3 is 2.63 bits per heavy atom. The lowest BCUT2D eigenvalue weighted by atomic mass is 9.99. The number of hydrogen-bond acceptors (Lipinski definition) is 6. The molecule has 0 N–H and O–H groups in total. The van der Waals surface area contributed by atoms with Crippen molar-refractivity contribution < 1.29 is 4.39 Å². The quantitative estimate of drug-likeness (QED) is 0.756. The lowest BCUT2D eigenvalue weighted by Gasteiger charge is -2.51. The summed E-state index contributed by atoms with van der Waals surface area (Å²) in [6.07, 6.45) is 0.965. The van der Waals surface area contributed by atoms with Crippen molar-refractivity contribution in [3.63, 3.8) is 0 Å². The monoisotopic (exact) mass is 416 g/mol. The highest BCUT2D eigenvalue weighted by molar-refractivity contribution is 5.98. The molecule has 0 saturated carbocycles. The smallest absolute Gasteiger partial charge is 0.277 e. The maximum atomic E-state index is 14.6. The first-order chi connectivity index (χ1) is 14.2. The second-order valence-electron chi connectivity index (χ2n) is 9.19. The van der Waals surface area contributed by atoms with Crippen LogP contribution in [0.5, 0.6) is 0 Å². The van der Waals surface area contributed by atoms with Gasteiger partial charge in [-0.3, -0.25) is 14.3 Å². The van der Waals surface area contributed by atoms with Crippen molar-refractivity contribution in [2.45, 2.75) is 32.4 Å². The predicted octanol–water partition coefficient (Wildman–Crippen LogP) is 1.66. The lowest BCUT2D eigenvalue weighted by Crippen LogP contribution is -2.63. The van der Waals surface area contributed by atoms with Gasteiger partial charge in [0.1, 0.15) is 17.2 Å². The van der Waals surface area contributed by atoms with Gasteiger partial charge in [-0.1, -0.05) is 0 Å². The third-order valence-electron chi connectivity index (χ3n) is 6.66. The van der Waals surface area contributed by atoms with Gasteiger partial charge in [-0.25, -0.2) is 9.37 Å². The highest BCUT2D eigenvalue weighted by Gasteiger charge is 2.39. The van der Waals surface area contributed by atoms with Crippen LogP contribution in [0.3, 0.4) is 0 Å². The molecule has 1 saturated heterocycles. The van der Waals surface area contributed by atoms with E-state index >= 15 is 0 Å². The van der Waals surface area contributed by atoms with E-state index in [4.69, 9.17) is 0 Å². The van der Waals surface area contributed by atoms with E-state index in [1.165, 1.54) is 0 Å². The Balaban J connectivity index is 1.92. The van der Waals surface area contributed by atoms with Gasteiger partial charge in [0.25, 0.3) is 5.56 Å². The highest BCUT2D eigenvalue weighted by Crippen LogP contribution is 2.40. The number of fused-ring (bicyclic) bond motifs is 5. The third-order valence-corrected chi connectivity index (χ3v) is 6.66. The summed E-state index contributed by atoms with van der Waals surface area (Å²) in [5.74, 6) is -0.327. The van der Waals surface area contributed by atoms with Crippen LogP contribution in [0.4, 0.5) is 15.8 Å². The maximum Gasteiger partial charge on any atom is 0.277 e. The third kappa shape index (κ3) is 3.46. The van der Waals surface area contributed by atoms with Gasteiger partial charge in [-0.2, -0.15) is 0 Å². The summed E-state index contributed by atoms with van der Waals surface area (Å²) in [6.45, 7) is 8.15. The SMILES string of the molecule is Cc1nc2c(cc1F)c1c(c(=O)n2C)N(CCCN(C)C)CC2CN(C)C(C)CN12. The molecule has 0 bridgehead atoms. The number of aromatic nitrogens is 2. The van der Waals surface area contributed by atoms with E-state index < -0.39 is 0 Å². The van der Waals surface area contributed by atoms with Gasteiger partial charge >= 0.3 is 0 Å². The zero-order valence-corrected chi connectivity index (χ0v) is 18.9. The summed E-state index contributed by atoms with van der Waals surface area (Å²) in [7, 11) is 8.02. The largest absolute Gasteiger partial charge is 0.363 e. The van der Waals surface area contributed by atoms with E-state index in [0.29, 0.717) is 23.1 Å². The van der Waals surface area contributed by atoms with Crippen molar-refractivity contribution in [1.82, 2.24) is 19.4 Å². The van der Waals surface area contributed by atoms with Gasteiger partial charge in [0.05, 0.1) is 17.4 Å². The number of anilines is 2. The minimum absolute atomic E-state index is 0.0501. The fourth-order valence-electron chi connectivity index (χ4n) is 4.80. The topological polar surface area (TPSA) is 47.9 Å². The average molecular weight is 417 g/mol. The van der Waals surface area contributed by atoms with Crippen molar-refractivity contribution in [3.8, 4) is 0 Å². The molecule has 0 amide bonds. The molecule has 2 unspecified atom stereocenters. The lowest BCUT2D eigenvalue weighted by molar-refractivity contribution is 0.198. The molecule has 2 atom stereocenters. The van der Waals surface area contributed by atoms with Crippen molar-refractivity contribution in [3.05, 3.63) is 27.9 Å². The molecule has 7 nitrogen and oxygen atoms in total. The maximum absolute atomic E-state index is 14.6. The van der Waals surface area contributed by atoms with Crippen molar-refractivity contribution in [1.29, 1.82) is 0 Å². The van der Waals surface area contributed by atoms with Crippen LogP contribution in [0.2, 0.25) is 0 Å². The van der Waals surface area contributed by atoms with E-state index in [2.05, 4.69) is 52.7 Å². The molecule has 0 aliphatic carbocycles. The second kappa shape index (κ2) is 7.81. The minimum atomic E-state index is -0.327. The van der Waals surface area contributed by atoms with Gasteiger partial charge in [0.15, 0.2) is 0 Å². The summed E-state index contributed by atoms with van der Waals surface area (Å²) < 4.78 is 16.2. The molecule has 0 radical (unpaired) electrons. The summed E-state index contributed by atoms with van der Waals surface area (Å²) in [4.78, 5) is 27.0. The Hall–Kier alpha value is -2.19. The van der Waals surface area contributed by atoms with Gasteiger partial charge in [0, 0.05) is 44.7 Å². The Labute approximate surface area is 177 Å². The molecule has 164 valence electrons. The molecular formula is C22H33FN6O. The molecule has 4 heterocycles. The number of hydrogen-bond donors (Lipinski definition) is 0. The fourth-order valence-corrected chi connectivity index (χ4v) is 4.80. The van der Waals surface area contributed by atoms with Crippen molar-refractivity contribution in [2.75, 3.05) is 63.7 Å². The van der Waals surface area contributed by atoms with E-state index in [1.54, 1.807) is 24.6 Å². The van der Waals surface area contributed by atoms with Crippen molar-refractivity contribution in [2.24, 2.45) is 7.05 Å². The summed E-state index contributed by atoms with van der Waals surface area (Å²) in [6, 6.07) is 2.19. The molecular weight excluding hydrogens is 383 g/mol. The van der Waals surface area contributed by atoms with E-state index in [1.807, 2.05) is 0 Å². The van der Waals surface area contributed by atoms with Crippen LogP contribution in [0, 0.1) is 12.7 Å². The highest BCUT2D eigenvalue weighted by atomic mass is 19.1. The molecule has 2 aromatic rings. The fraction of sp³-hybridized carbons (Fsp3) is 0.636. The van der Waals surface area contributed by atoms with Crippen LogP contribution < -0.4 is 15.4 Å². The molecule has 2 aliphatic heterocycles. The standard InChI is InChI=1S/C22H33FN6O/c1-14-11-29-16(12-26(14)5)13-28(9-7-8-25(3)4)20-19(29)17-10-18(23)15(2)24-21(17)27(6)22(20)30/h10,14,16H,7-9,11-13H2,1-6H3. The molecule has 30 heavy (non-hydrogen) atoms. The Morgan fingerprint density at radius 2 is 1.93 bits per heavy atom. The van der Waals surface area contributed by atoms with Crippen LogP contribution in [0.15, 0.2) is 10.9 Å². The van der Waals surface area contributed by atoms with E-state index in [9.17, 15) is 9.18 Å². The number of piperazine rings is 1. The molecule has 8 heteroatoms. The molecule has 4 rings (SSSR count). The molecule has 0 aromatic carbocycles. The van der Waals surface area contributed by atoms with Crippen molar-refractivity contribution >= 4 is 22.4 Å². The predicted molar refractivity (Wildman–Crippen MR) is 120 cm³/mol. The number of likely N-dealkylation sites (N-methyl/N-ethyl adjacent to an activating group) is 1. The Morgan fingerprint density at radius 1 is 1.20 bits per heavy atom. The van der Waals surface area contributed by atoms with E-state index in [-0.39, 0.29) is 17.4 Å². The normalized spacial score (nSPS) is 22.0. The number of pyridine rings is 2. The van der Waals surface area contributed by atoms with Gasteiger partial charge < -0.3 is 14.7 Å². The van der Waals surface area contributed by atoms with Gasteiger partial charge in [-0.15, -0.1) is 0 Å². The average Bonchev–Trinajstić information content (AvgIpc) is 2.68. The van der Waals surface area contributed by atoms with Crippen LogP contribution in [0.1, 0.15) is 19.0 Å². The number of rotatable bonds is 4. The van der Waals surface area contributed by atoms with Gasteiger partial charge in [-0.05, 0) is 54.0 Å². The summed E-state index contributed by atoms with van der Waals surface area (Å²) in [5, 5.41) is 0.731. The van der Waals surface area contributed by atoms with Crippen LogP contribution in [-0.2, 0) is 7.05 Å². The summed E-state index contributed by atoms with van der Waals surface area (Å²) in [5.41, 5.74) is 2.38. The Bertz CT molecular complexity index is 1020. The Kier molecular flexibility index (Phi) is 5.48. The van der Waals surface area contributed by atoms with Crippen LogP contribution >= 0.6 is 0 Å². The van der Waals surface area contributed by atoms with Gasteiger partial charge in [0.2, 0.25) is 0 Å². The molecule has 0 spiro atoms.